The molecule has 3 aliphatic rings. The second-order valence-electron chi connectivity index (χ2n) is 8.89. The van der Waals surface area contributed by atoms with E-state index in [4.69, 9.17) is 4.52 Å². The van der Waals surface area contributed by atoms with Gasteiger partial charge < -0.3 is 9.42 Å². The molecule has 150 valence electrons. The van der Waals surface area contributed by atoms with Crippen molar-refractivity contribution < 1.29 is 9.32 Å². The zero-order valence-corrected chi connectivity index (χ0v) is 16.8. The topological polar surface area (TPSA) is 65.7 Å². The molecule has 0 aliphatic carbocycles. The van der Waals surface area contributed by atoms with Crippen LogP contribution in [0.5, 0.6) is 0 Å². The highest BCUT2D eigenvalue weighted by molar-refractivity contribution is 5.78. The van der Waals surface area contributed by atoms with Crippen molar-refractivity contribution in [3.8, 4) is 0 Å². The summed E-state index contributed by atoms with van der Waals surface area (Å²) in [6, 6.07) is 0.213. The van der Waals surface area contributed by atoms with Crippen molar-refractivity contribution in [1.82, 2.24) is 24.8 Å². The summed E-state index contributed by atoms with van der Waals surface area (Å²) < 4.78 is 5.43. The third-order valence-corrected chi connectivity index (χ3v) is 6.81. The number of aromatic nitrogens is 2. The zero-order valence-electron chi connectivity index (χ0n) is 16.8. The summed E-state index contributed by atoms with van der Waals surface area (Å²) in [5.41, 5.74) is 0.279. The molecule has 3 saturated heterocycles. The van der Waals surface area contributed by atoms with Gasteiger partial charge in [-0.15, -0.1) is 0 Å². The molecule has 0 radical (unpaired) electrons. The highest BCUT2D eigenvalue weighted by Crippen LogP contribution is 2.47. The maximum atomic E-state index is 12.8. The number of amides is 1. The average molecular weight is 376 g/mol. The zero-order chi connectivity index (χ0) is 18.9. The van der Waals surface area contributed by atoms with E-state index in [1.807, 2.05) is 6.92 Å². The van der Waals surface area contributed by atoms with Gasteiger partial charge >= 0.3 is 0 Å². The number of rotatable bonds is 3. The standard InChI is InChI=1S/C20H33N5O2/c1-16-21-19(27-22-16)17-13-20(15-23(17)2)7-11-25(12-8-20)18(26)14-24-9-5-3-4-6-10-24/h17H,3-15H2,1-2H3. The Labute approximate surface area is 162 Å². The van der Waals surface area contributed by atoms with Crippen molar-refractivity contribution in [2.45, 2.75) is 57.9 Å². The molecule has 3 fully saturated rings. The molecule has 4 heterocycles. The average Bonchev–Trinajstić information content (AvgIpc) is 3.10. The summed E-state index contributed by atoms with van der Waals surface area (Å²) in [6.45, 7) is 7.46. The number of hydrogen-bond donors (Lipinski definition) is 0. The SMILES string of the molecule is Cc1noc(C2CC3(CCN(C(=O)CN4CCCCCC4)CC3)CN2C)n1. The van der Waals surface area contributed by atoms with Gasteiger partial charge in [0.25, 0.3) is 0 Å². The molecule has 0 bridgehead atoms. The van der Waals surface area contributed by atoms with Crippen LogP contribution < -0.4 is 0 Å². The van der Waals surface area contributed by atoms with Gasteiger partial charge in [0.15, 0.2) is 5.82 Å². The van der Waals surface area contributed by atoms with Crippen molar-refractivity contribution in [3.63, 3.8) is 0 Å². The predicted octanol–water partition coefficient (Wildman–Crippen LogP) is 2.24. The Bertz CT molecular complexity index is 645. The summed E-state index contributed by atoms with van der Waals surface area (Å²) in [6.07, 6.45) is 8.30. The normalized spacial score (nSPS) is 27.2. The van der Waals surface area contributed by atoms with Gasteiger partial charge in [-0.05, 0) is 64.6 Å². The van der Waals surface area contributed by atoms with E-state index < -0.39 is 0 Å². The summed E-state index contributed by atoms with van der Waals surface area (Å²) in [5, 5.41) is 3.96. The maximum absolute atomic E-state index is 12.8. The number of likely N-dealkylation sites (tertiary alicyclic amines) is 3. The van der Waals surface area contributed by atoms with Crippen LogP contribution in [0, 0.1) is 12.3 Å². The molecule has 0 saturated carbocycles. The Hall–Kier alpha value is -1.47. The lowest BCUT2D eigenvalue weighted by Crippen LogP contribution is -2.47. The van der Waals surface area contributed by atoms with Crippen LogP contribution in [0.15, 0.2) is 4.52 Å². The Kier molecular flexibility index (Phi) is 5.50. The van der Waals surface area contributed by atoms with Crippen molar-refractivity contribution in [2.75, 3.05) is 46.3 Å². The van der Waals surface area contributed by atoms with Crippen LogP contribution in [-0.2, 0) is 4.79 Å². The molecule has 1 aromatic heterocycles. The van der Waals surface area contributed by atoms with Crippen LogP contribution in [0.25, 0.3) is 0 Å². The van der Waals surface area contributed by atoms with E-state index in [1.54, 1.807) is 0 Å². The van der Waals surface area contributed by atoms with Crippen molar-refractivity contribution in [2.24, 2.45) is 5.41 Å². The smallest absolute Gasteiger partial charge is 0.243 e. The highest BCUT2D eigenvalue weighted by atomic mass is 16.5. The molecule has 1 unspecified atom stereocenters. The fraction of sp³-hybridized carbons (Fsp3) is 0.850. The number of carbonyl (C=O) groups is 1. The number of piperidine rings is 1. The molecular formula is C20H33N5O2. The van der Waals surface area contributed by atoms with E-state index in [-0.39, 0.29) is 11.5 Å². The maximum Gasteiger partial charge on any atom is 0.243 e. The van der Waals surface area contributed by atoms with Crippen LogP contribution in [0.3, 0.4) is 0 Å². The molecule has 1 atom stereocenters. The summed E-state index contributed by atoms with van der Waals surface area (Å²) in [7, 11) is 2.15. The van der Waals surface area contributed by atoms with E-state index in [9.17, 15) is 4.79 Å². The Morgan fingerprint density at radius 1 is 1.15 bits per heavy atom. The third-order valence-electron chi connectivity index (χ3n) is 6.81. The van der Waals surface area contributed by atoms with Crippen LogP contribution >= 0.6 is 0 Å². The quantitative estimate of drug-likeness (QED) is 0.807. The summed E-state index contributed by atoms with van der Waals surface area (Å²) >= 11 is 0. The first-order chi connectivity index (χ1) is 13.0. The first kappa shape index (κ1) is 18.9. The van der Waals surface area contributed by atoms with Crippen LogP contribution in [0.1, 0.15) is 62.7 Å². The van der Waals surface area contributed by atoms with Crippen LogP contribution in [0.2, 0.25) is 0 Å². The monoisotopic (exact) mass is 375 g/mol. The number of aryl methyl sites for hydroxylation is 1. The van der Waals surface area contributed by atoms with Gasteiger partial charge in [0, 0.05) is 19.6 Å². The third kappa shape index (κ3) is 4.19. The number of hydrogen-bond acceptors (Lipinski definition) is 6. The lowest BCUT2D eigenvalue weighted by molar-refractivity contribution is -0.134. The van der Waals surface area contributed by atoms with E-state index in [2.05, 4.69) is 31.9 Å². The first-order valence-electron chi connectivity index (χ1n) is 10.6. The second-order valence-corrected chi connectivity index (χ2v) is 8.89. The van der Waals surface area contributed by atoms with Crippen LogP contribution in [-0.4, -0.2) is 77.1 Å². The van der Waals surface area contributed by atoms with E-state index in [1.165, 1.54) is 25.7 Å². The molecule has 0 N–H and O–H groups in total. The molecule has 0 aromatic carbocycles. The molecule has 4 rings (SSSR count). The molecule has 27 heavy (non-hydrogen) atoms. The molecular weight excluding hydrogens is 342 g/mol. The molecule has 1 spiro atoms. The predicted molar refractivity (Wildman–Crippen MR) is 102 cm³/mol. The van der Waals surface area contributed by atoms with E-state index in [0.717, 1.165) is 57.9 Å². The Morgan fingerprint density at radius 3 is 2.48 bits per heavy atom. The molecule has 1 aromatic rings. The lowest BCUT2D eigenvalue weighted by Gasteiger charge is -2.39. The minimum atomic E-state index is 0.213. The fourth-order valence-electron chi connectivity index (χ4n) is 5.17. The Balaban J connectivity index is 1.31. The van der Waals surface area contributed by atoms with Gasteiger partial charge in [0.05, 0.1) is 12.6 Å². The highest BCUT2D eigenvalue weighted by Gasteiger charge is 2.46. The summed E-state index contributed by atoms with van der Waals surface area (Å²) in [5.74, 6) is 1.77. The van der Waals surface area contributed by atoms with Gasteiger partial charge in [0.1, 0.15) is 0 Å². The van der Waals surface area contributed by atoms with Crippen LogP contribution in [0.4, 0.5) is 0 Å². The second kappa shape index (κ2) is 7.87. The van der Waals surface area contributed by atoms with Crippen molar-refractivity contribution in [1.29, 1.82) is 0 Å². The number of carbonyl (C=O) groups excluding carboxylic acids is 1. The van der Waals surface area contributed by atoms with Gasteiger partial charge in [-0.1, -0.05) is 18.0 Å². The molecule has 7 heteroatoms. The molecule has 7 nitrogen and oxygen atoms in total. The van der Waals surface area contributed by atoms with Crippen molar-refractivity contribution in [3.05, 3.63) is 11.7 Å². The fourth-order valence-corrected chi connectivity index (χ4v) is 5.17. The largest absolute Gasteiger partial charge is 0.342 e. The van der Waals surface area contributed by atoms with Gasteiger partial charge in [-0.3, -0.25) is 14.6 Å². The molecule has 3 aliphatic heterocycles. The van der Waals surface area contributed by atoms with Gasteiger partial charge in [0.2, 0.25) is 11.8 Å². The minimum Gasteiger partial charge on any atom is -0.342 e. The number of nitrogens with zero attached hydrogens (tertiary/aromatic N) is 5. The lowest BCUT2D eigenvalue weighted by atomic mass is 9.76. The summed E-state index contributed by atoms with van der Waals surface area (Å²) in [4.78, 5) is 24.0. The van der Waals surface area contributed by atoms with E-state index >= 15 is 0 Å². The Morgan fingerprint density at radius 2 is 1.85 bits per heavy atom. The van der Waals surface area contributed by atoms with Gasteiger partial charge in [-0.2, -0.15) is 4.98 Å². The first-order valence-corrected chi connectivity index (χ1v) is 10.6. The van der Waals surface area contributed by atoms with E-state index in [0.29, 0.717) is 18.3 Å². The van der Waals surface area contributed by atoms with Gasteiger partial charge in [-0.25, -0.2) is 0 Å². The van der Waals surface area contributed by atoms with Crippen molar-refractivity contribution >= 4 is 5.91 Å². The minimum absolute atomic E-state index is 0.213. The molecule has 1 amide bonds.